The summed E-state index contributed by atoms with van der Waals surface area (Å²) in [7, 11) is 3.98. The molecule has 0 spiro atoms. The standard InChI is InChI=1S/C18H36N4O.HI/c1-5-22-12-8-9-15(22)13-21(4)17(19-3)20-14-18(2)11-7-6-10-16(18)23;/h15-16,23H,5-14H2,1-4H3,(H,19,20);1H. The summed E-state index contributed by atoms with van der Waals surface area (Å²) in [6.07, 6.45) is 6.79. The van der Waals surface area contributed by atoms with Gasteiger partial charge in [-0.1, -0.05) is 26.7 Å². The first-order chi connectivity index (χ1) is 11.0. The summed E-state index contributed by atoms with van der Waals surface area (Å²) in [5.41, 5.74) is -0.0299. The second kappa shape index (κ2) is 10.2. The van der Waals surface area contributed by atoms with Crippen molar-refractivity contribution in [3.05, 3.63) is 0 Å². The van der Waals surface area contributed by atoms with Gasteiger partial charge in [0.2, 0.25) is 0 Å². The molecular formula is C18H37IN4O. The predicted molar refractivity (Wildman–Crippen MR) is 112 cm³/mol. The molecule has 0 radical (unpaired) electrons. The number of likely N-dealkylation sites (tertiary alicyclic amines) is 1. The molecule has 2 aliphatic rings. The summed E-state index contributed by atoms with van der Waals surface area (Å²) in [4.78, 5) is 9.27. The molecule has 1 aliphatic heterocycles. The summed E-state index contributed by atoms with van der Waals surface area (Å²) in [6, 6.07) is 0.638. The van der Waals surface area contributed by atoms with E-state index in [1.807, 2.05) is 7.05 Å². The third kappa shape index (κ3) is 5.46. The zero-order valence-electron chi connectivity index (χ0n) is 15.9. The van der Waals surface area contributed by atoms with Crippen LogP contribution in [0.25, 0.3) is 0 Å². The summed E-state index contributed by atoms with van der Waals surface area (Å²) < 4.78 is 0. The highest BCUT2D eigenvalue weighted by Gasteiger charge is 2.35. The lowest BCUT2D eigenvalue weighted by Crippen LogP contribution is -2.50. The van der Waals surface area contributed by atoms with E-state index in [2.05, 4.69) is 41.0 Å². The van der Waals surface area contributed by atoms with Gasteiger partial charge in [-0.15, -0.1) is 24.0 Å². The van der Waals surface area contributed by atoms with Gasteiger partial charge in [0.15, 0.2) is 5.96 Å². The van der Waals surface area contributed by atoms with E-state index in [0.29, 0.717) is 6.04 Å². The van der Waals surface area contributed by atoms with Crippen LogP contribution < -0.4 is 5.32 Å². The lowest BCUT2D eigenvalue weighted by molar-refractivity contribution is 0.00366. The van der Waals surface area contributed by atoms with Crippen molar-refractivity contribution in [2.75, 3.05) is 40.3 Å². The van der Waals surface area contributed by atoms with Gasteiger partial charge in [0, 0.05) is 38.6 Å². The number of aliphatic hydroxyl groups is 1. The highest BCUT2D eigenvalue weighted by Crippen LogP contribution is 2.35. The Bertz CT molecular complexity index is 406. The second-order valence-electron chi connectivity index (χ2n) is 7.62. The molecule has 5 nitrogen and oxygen atoms in total. The number of nitrogens with one attached hydrogen (secondary N) is 1. The molecule has 2 N–H and O–H groups in total. The van der Waals surface area contributed by atoms with Gasteiger partial charge < -0.3 is 15.3 Å². The van der Waals surface area contributed by atoms with Crippen molar-refractivity contribution in [1.82, 2.24) is 15.1 Å². The fourth-order valence-corrected chi connectivity index (χ4v) is 4.17. The Kier molecular flexibility index (Phi) is 9.30. The Hall–Kier alpha value is -0.0800. The van der Waals surface area contributed by atoms with E-state index in [1.165, 1.54) is 25.8 Å². The van der Waals surface area contributed by atoms with Crippen molar-refractivity contribution in [3.63, 3.8) is 0 Å². The Labute approximate surface area is 165 Å². The molecule has 1 heterocycles. The van der Waals surface area contributed by atoms with Gasteiger partial charge >= 0.3 is 0 Å². The minimum atomic E-state index is -0.197. The van der Waals surface area contributed by atoms with E-state index in [9.17, 15) is 5.11 Å². The molecule has 0 amide bonds. The average Bonchev–Trinajstić information content (AvgIpc) is 2.98. The van der Waals surface area contributed by atoms with Crippen molar-refractivity contribution >= 4 is 29.9 Å². The van der Waals surface area contributed by atoms with Gasteiger partial charge in [0.05, 0.1) is 6.10 Å². The van der Waals surface area contributed by atoms with E-state index in [1.54, 1.807) is 0 Å². The van der Waals surface area contributed by atoms with Crippen molar-refractivity contribution in [2.45, 2.75) is 64.5 Å². The van der Waals surface area contributed by atoms with Crippen molar-refractivity contribution in [2.24, 2.45) is 10.4 Å². The van der Waals surface area contributed by atoms with Crippen LogP contribution in [0.4, 0.5) is 0 Å². The number of likely N-dealkylation sites (N-methyl/N-ethyl adjacent to an activating group) is 2. The largest absolute Gasteiger partial charge is 0.392 e. The molecule has 24 heavy (non-hydrogen) atoms. The monoisotopic (exact) mass is 452 g/mol. The number of aliphatic imine (C=N–C) groups is 1. The smallest absolute Gasteiger partial charge is 0.193 e. The Morgan fingerprint density at radius 2 is 2.08 bits per heavy atom. The van der Waals surface area contributed by atoms with Crippen LogP contribution in [0.2, 0.25) is 0 Å². The maximum absolute atomic E-state index is 10.3. The number of hydrogen-bond donors (Lipinski definition) is 2. The molecule has 2 rings (SSSR count). The van der Waals surface area contributed by atoms with E-state index in [-0.39, 0.29) is 35.5 Å². The number of hydrogen-bond acceptors (Lipinski definition) is 3. The van der Waals surface area contributed by atoms with Crippen LogP contribution in [0.15, 0.2) is 4.99 Å². The van der Waals surface area contributed by atoms with Crippen LogP contribution in [0.5, 0.6) is 0 Å². The van der Waals surface area contributed by atoms with Crippen molar-refractivity contribution in [1.29, 1.82) is 0 Å². The molecule has 0 aromatic heterocycles. The molecule has 1 saturated heterocycles. The molecule has 6 heteroatoms. The summed E-state index contributed by atoms with van der Waals surface area (Å²) in [5, 5.41) is 13.9. The summed E-state index contributed by atoms with van der Waals surface area (Å²) in [5.74, 6) is 0.951. The number of guanidine groups is 1. The van der Waals surface area contributed by atoms with Gasteiger partial charge in [-0.25, -0.2) is 0 Å². The molecule has 0 bridgehead atoms. The summed E-state index contributed by atoms with van der Waals surface area (Å²) >= 11 is 0. The molecular weight excluding hydrogens is 415 g/mol. The number of rotatable bonds is 5. The Morgan fingerprint density at radius 1 is 1.33 bits per heavy atom. The minimum Gasteiger partial charge on any atom is -0.392 e. The van der Waals surface area contributed by atoms with Gasteiger partial charge in [-0.3, -0.25) is 9.89 Å². The molecule has 0 aromatic carbocycles. The average molecular weight is 452 g/mol. The molecule has 0 aromatic rings. The summed E-state index contributed by atoms with van der Waals surface area (Å²) in [6.45, 7) is 8.63. The number of halogens is 1. The zero-order valence-corrected chi connectivity index (χ0v) is 18.3. The van der Waals surface area contributed by atoms with E-state index in [4.69, 9.17) is 0 Å². The quantitative estimate of drug-likeness (QED) is 0.383. The molecule has 1 aliphatic carbocycles. The topological polar surface area (TPSA) is 51.1 Å². The van der Waals surface area contributed by atoms with Crippen LogP contribution in [0.1, 0.15) is 52.4 Å². The maximum Gasteiger partial charge on any atom is 0.193 e. The fourth-order valence-electron chi connectivity index (χ4n) is 4.17. The zero-order chi connectivity index (χ0) is 16.9. The van der Waals surface area contributed by atoms with Crippen LogP contribution in [-0.4, -0.2) is 73.3 Å². The van der Waals surface area contributed by atoms with Crippen LogP contribution in [-0.2, 0) is 0 Å². The third-order valence-electron chi connectivity index (χ3n) is 5.89. The maximum atomic E-state index is 10.3. The SMILES string of the molecule is CCN1CCCC1CN(C)C(=NC)NCC1(C)CCCCC1O.I. The lowest BCUT2D eigenvalue weighted by Gasteiger charge is -2.39. The first kappa shape index (κ1) is 22.0. The van der Waals surface area contributed by atoms with E-state index in [0.717, 1.165) is 44.9 Å². The van der Waals surface area contributed by atoms with Crippen molar-refractivity contribution < 1.29 is 5.11 Å². The molecule has 3 unspecified atom stereocenters. The number of nitrogens with zero attached hydrogens (tertiary/aromatic N) is 3. The molecule has 3 atom stereocenters. The predicted octanol–water partition coefficient (Wildman–Crippen LogP) is 2.54. The Morgan fingerprint density at radius 3 is 2.71 bits per heavy atom. The van der Waals surface area contributed by atoms with Crippen molar-refractivity contribution in [3.8, 4) is 0 Å². The number of aliphatic hydroxyl groups excluding tert-OH is 1. The molecule has 142 valence electrons. The minimum absolute atomic E-state index is 0. The highest BCUT2D eigenvalue weighted by atomic mass is 127. The first-order valence-corrected chi connectivity index (χ1v) is 9.34. The third-order valence-corrected chi connectivity index (χ3v) is 5.89. The van der Waals surface area contributed by atoms with Gasteiger partial charge in [-0.2, -0.15) is 0 Å². The van der Waals surface area contributed by atoms with Gasteiger partial charge in [-0.05, 0) is 38.8 Å². The van der Waals surface area contributed by atoms with E-state index >= 15 is 0 Å². The van der Waals surface area contributed by atoms with Gasteiger partial charge in [0.1, 0.15) is 0 Å². The Balaban J connectivity index is 0.00000288. The molecule has 1 saturated carbocycles. The van der Waals surface area contributed by atoms with E-state index < -0.39 is 0 Å². The first-order valence-electron chi connectivity index (χ1n) is 9.34. The fraction of sp³-hybridized carbons (Fsp3) is 0.944. The normalized spacial score (nSPS) is 31.6. The van der Waals surface area contributed by atoms with Crippen LogP contribution in [0.3, 0.4) is 0 Å². The lowest BCUT2D eigenvalue weighted by atomic mass is 9.73. The second-order valence-corrected chi connectivity index (χ2v) is 7.62. The van der Waals surface area contributed by atoms with Crippen LogP contribution >= 0.6 is 24.0 Å². The molecule has 2 fully saturated rings. The van der Waals surface area contributed by atoms with Crippen LogP contribution in [0, 0.1) is 5.41 Å². The van der Waals surface area contributed by atoms with Gasteiger partial charge in [0.25, 0.3) is 0 Å². The highest BCUT2D eigenvalue weighted by molar-refractivity contribution is 14.0.